The molecule has 0 spiro atoms. The fraction of sp³-hybridized carbons (Fsp3) is 0.267. The third-order valence-corrected chi connectivity index (χ3v) is 4.44. The third kappa shape index (κ3) is 3.32. The summed E-state index contributed by atoms with van der Waals surface area (Å²) in [6, 6.07) is 10.6. The molecule has 3 nitrogen and oxygen atoms in total. The number of halogens is 1. The van der Waals surface area contributed by atoms with Gasteiger partial charge < -0.3 is 10.0 Å². The molecule has 0 amide bonds. The Balaban J connectivity index is 2.27. The van der Waals surface area contributed by atoms with Crippen LogP contribution < -0.4 is 4.90 Å². The molecule has 2 aromatic rings. The Kier molecular flexibility index (Phi) is 5.04. The van der Waals surface area contributed by atoms with Crippen LogP contribution in [0, 0.1) is 0 Å². The van der Waals surface area contributed by atoms with Crippen molar-refractivity contribution in [3.8, 4) is 0 Å². The lowest BCUT2D eigenvalue weighted by molar-refractivity contribution is -0.138. The van der Waals surface area contributed by atoms with Crippen molar-refractivity contribution in [2.45, 2.75) is 19.4 Å². The van der Waals surface area contributed by atoms with Gasteiger partial charge >= 0.3 is 5.97 Å². The topological polar surface area (TPSA) is 40.5 Å². The molecule has 106 valence electrons. The molecule has 0 saturated heterocycles. The summed E-state index contributed by atoms with van der Waals surface area (Å²) in [7, 11) is 0. The van der Waals surface area contributed by atoms with Gasteiger partial charge in [-0.25, -0.2) is 4.79 Å². The quantitative estimate of drug-likeness (QED) is 0.879. The summed E-state index contributed by atoms with van der Waals surface area (Å²) in [4.78, 5) is 13.5. The fourth-order valence-corrected chi connectivity index (χ4v) is 3.22. The number of carboxylic acid groups (broad SMARTS) is 1. The van der Waals surface area contributed by atoms with Crippen LogP contribution in [0.5, 0.6) is 0 Å². The van der Waals surface area contributed by atoms with Gasteiger partial charge in [-0.05, 0) is 36.1 Å². The van der Waals surface area contributed by atoms with Gasteiger partial charge in [-0.3, -0.25) is 0 Å². The molecule has 0 radical (unpaired) electrons. The lowest BCUT2D eigenvalue weighted by Crippen LogP contribution is -2.42. The normalized spacial score (nSPS) is 12.1. The maximum absolute atomic E-state index is 11.6. The van der Waals surface area contributed by atoms with E-state index in [0.717, 1.165) is 10.6 Å². The van der Waals surface area contributed by atoms with Crippen LogP contribution in [0.1, 0.15) is 12.5 Å². The Morgan fingerprint density at radius 2 is 2.10 bits per heavy atom. The molecule has 20 heavy (non-hydrogen) atoms. The maximum Gasteiger partial charge on any atom is 0.326 e. The molecular weight excluding hydrogens is 294 g/mol. The molecular formula is C15H16ClNO2S. The molecule has 0 bridgehead atoms. The summed E-state index contributed by atoms with van der Waals surface area (Å²) < 4.78 is 0. The highest BCUT2D eigenvalue weighted by molar-refractivity contribution is 7.14. The highest BCUT2D eigenvalue weighted by Gasteiger charge is 2.26. The van der Waals surface area contributed by atoms with Crippen LogP contribution >= 0.6 is 22.9 Å². The Bertz CT molecular complexity index is 571. The van der Waals surface area contributed by atoms with Gasteiger partial charge in [0.05, 0.1) is 5.00 Å². The van der Waals surface area contributed by atoms with Crippen molar-refractivity contribution >= 4 is 33.9 Å². The van der Waals surface area contributed by atoms with E-state index in [1.165, 1.54) is 0 Å². The summed E-state index contributed by atoms with van der Waals surface area (Å²) >= 11 is 7.68. The molecule has 1 unspecified atom stereocenters. The zero-order chi connectivity index (χ0) is 14.5. The van der Waals surface area contributed by atoms with E-state index < -0.39 is 12.0 Å². The summed E-state index contributed by atoms with van der Waals surface area (Å²) in [5.74, 6) is -0.833. The Labute approximate surface area is 127 Å². The first-order valence-electron chi connectivity index (χ1n) is 6.39. The standard InChI is InChI=1S/C15H16ClNO2S/c1-2-17(14-8-5-9-20-14)13(15(18)19)10-11-6-3-4-7-12(11)16/h3-9,13H,2,10H2,1H3,(H,18,19). The molecule has 0 aliphatic carbocycles. The van der Waals surface area contributed by atoms with Gasteiger partial charge in [-0.15, -0.1) is 11.3 Å². The number of nitrogens with zero attached hydrogens (tertiary/aromatic N) is 1. The molecule has 0 aliphatic rings. The highest BCUT2D eigenvalue weighted by atomic mass is 35.5. The minimum atomic E-state index is -0.833. The zero-order valence-electron chi connectivity index (χ0n) is 11.1. The van der Waals surface area contributed by atoms with Gasteiger partial charge in [-0.2, -0.15) is 0 Å². The number of hydrogen-bond donors (Lipinski definition) is 1. The fourth-order valence-electron chi connectivity index (χ4n) is 2.17. The van der Waals surface area contributed by atoms with Gasteiger partial charge in [0.25, 0.3) is 0 Å². The molecule has 1 aromatic carbocycles. The minimum absolute atomic E-state index is 0.390. The van der Waals surface area contributed by atoms with Crippen molar-refractivity contribution in [1.29, 1.82) is 0 Å². The van der Waals surface area contributed by atoms with Crippen LogP contribution in [-0.2, 0) is 11.2 Å². The van der Waals surface area contributed by atoms with Crippen LogP contribution in [0.4, 0.5) is 5.00 Å². The first kappa shape index (κ1) is 14.9. The Morgan fingerprint density at radius 1 is 1.35 bits per heavy atom. The van der Waals surface area contributed by atoms with Crippen molar-refractivity contribution in [2.24, 2.45) is 0 Å². The van der Waals surface area contributed by atoms with Crippen LogP contribution in [0.25, 0.3) is 0 Å². The van der Waals surface area contributed by atoms with Crippen LogP contribution in [-0.4, -0.2) is 23.7 Å². The molecule has 1 heterocycles. The molecule has 0 saturated carbocycles. The molecule has 2 rings (SSSR count). The first-order valence-corrected chi connectivity index (χ1v) is 7.65. The second kappa shape index (κ2) is 6.77. The van der Waals surface area contributed by atoms with Gasteiger partial charge in [0, 0.05) is 18.0 Å². The molecule has 1 atom stereocenters. The summed E-state index contributed by atoms with van der Waals surface area (Å²) in [6.07, 6.45) is 0.390. The van der Waals surface area contributed by atoms with E-state index in [2.05, 4.69) is 0 Å². The van der Waals surface area contributed by atoms with E-state index in [9.17, 15) is 9.90 Å². The number of carbonyl (C=O) groups is 1. The number of hydrogen-bond acceptors (Lipinski definition) is 3. The smallest absolute Gasteiger partial charge is 0.326 e. The van der Waals surface area contributed by atoms with Crippen LogP contribution in [0.3, 0.4) is 0 Å². The van der Waals surface area contributed by atoms with Gasteiger partial charge in [0.1, 0.15) is 6.04 Å². The van der Waals surface area contributed by atoms with E-state index in [-0.39, 0.29) is 0 Å². The second-order valence-electron chi connectivity index (χ2n) is 4.39. The van der Waals surface area contributed by atoms with Gasteiger partial charge in [-0.1, -0.05) is 29.8 Å². The van der Waals surface area contributed by atoms with Crippen LogP contribution in [0.2, 0.25) is 5.02 Å². The summed E-state index contributed by atoms with van der Waals surface area (Å²) in [5.41, 5.74) is 0.858. The number of carboxylic acids is 1. The number of anilines is 1. The van der Waals surface area contributed by atoms with Crippen molar-refractivity contribution in [1.82, 2.24) is 0 Å². The molecule has 0 aliphatic heterocycles. The molecule has 1 aromatic heterocycles. The number of rotatable bonds is 6. The molecule has 1 N–H and O–H groups in total. The van der Waals surface area contributed by atoms with Crippen molar-refractivity contribution in [3.05, 3.63) is 52.4 Å². The van der Waals surface area contributed by atoms with E-state index in [0.29, 0.717) is 18.0 Å². The minimum Gasteiger partial charge on any atom is -0.480 e. The van der Waals surface area contributed by atoms with Gasteiger partial charge in [0.2, 0.25) is 0 Å². The Hall–Kier alpha value is -1.52. The number of thiophene rings is 1. The largest absolute Gasteiger partial charge is 0.480 e. The van der Waals surface area contributed by atoms with E-state index in [1.807, 2.05) is 47.5 Å². The summed E-state index contributed by atoms with van der Waals surface area (Å²) in [6.45, 7) is 2.60. The van der Waals surface area contributed by atoms with E-state index >= 15 is 0 Å². The van der Waals surface area contributed by atoms with Crippen molar-refractivity contribution in [3.63, 3.8) is 0 Å². The summed E-state index contributed by atoms with van der Waals surface area (Å²) in [5, 5.41) is 13.1. The predicted molar refractivity (Wildman–Crippen MR) is 83.9 cm³/mol. The lowest BCUT2D eigenvalue weighted by atomic mass is 10.0. The Morgan fingerprint density at radius 3 is 2.65 bits per heavy atom. The molecule has 5 heteroatoms. The first-order chi connectivity index (χ1) is 9.63. The maximum atomic E-state index is 11.6. The highest BCUT2D eigenvalue weighted by Crippen LogP contribution is 2.26. The number of benzene rings is 1. The van der Waals surface area contributed by atoms with Gasteiger partial charge in [0.15, 0.2) is 0 Å². The average Bonchev–Trinajstić information content (AvgIpc) is 2.94. The van der Waals surface area contributed by atoms with Crippen molar-refractivity contribution in [2.75, 3.05) is 11.4 Å². The van der Waals surface area contributed by atoms with Crippen molar-refractivity contribution < 1.29 is 9.90 Å². The van der Waals surface area contributed by atoms with Crippen LogP contribution in [0.15, 0.2) is 41.8 Å². The predicted octanol–water partition coefficient (Wildman–Crippen LogP) is 3.92. The molecule has 0 fully saturated rings. The zero-order valence-corrected chi connectivity index (χ0v) is 12.7. The number of aliphatic carboxylic acids is 1. The second-order valence-corrected chi connectivity index (χ2v) is 5.72. The SMILES string of the molecule is CCN(c1cccs1)C(Cc1ccccc1Cl)C(=O)O. The third-order valence-electron chi connectivity index (χ3n) is 3.16. The average molecular weight is 310 g/mol. The van der Waals surface area contributed by atoms with E-state index in [4.69, 9.17) is 11.6 Å². The lowest BCUT2D eigenvalue weighted by Gasteiger charge is -2.28. The number of likely N-dealkylation sites (N-methyl/N-ethyl adjacent to an activating group) is 1. The van der Waals surface area contributed by atoms with E-state index in [1.54, 1.807) is 17.4 Å². The monoisotopic (exact) mass is 309 g/mol.